The second-order valence-electron chi connectivity index (χ2n) is 7.79. The van der Waals surface area contributed by atoms with Crippen molar-refractivity contribution in [3.8, 4) is 22.8 Å². The number of carbonyl (C=O) groups excluding carboxylic acids is 1. The first kappa shape index (κ1) is 29.3. The van der Waals surface area contributed by atoms with Gasteiger partial charge in [0.1, 0.15) is 0 Å². The SMILES string of the molecule is CC(=O)/C=C(/C)O.COc1c[c-]c(-c2cc(N(c3ccccc3)c3ccccc3)ccn2)c(OC)c1.[Pt]. The van der Waals surface area contributed by atoms with E-state index in [4.69, 9.17) is 14.6 Å². The number of rotatable bonds is 7. The smallest absolute Gasteiger partial charge is 0.155 e. The molecule has 1 N–H and O–H groups in total. The van der Waals surface area contributed by atoms with Gasteiger partial charge in [0, 0.05) is 61.9 Å². The number of ether oxygens (including phenoxy) is 2. The third-order valence-corrected chi connectivity index (χ3v) is 5.03. The molecule has 7 heteroatoms. The third kappa shape index (κ3) is 8.33. The first-order valence-electron chi connectivity index (χ1n) is 11.3. The van der Waals surface area contributed by atoms with Gasteiger partial charge < -0.3 is 24.5 Å². The fourth-order valence-electron chi connectivity index (χ4n) is 3.53. The second-order valence-corrected chi connectivity index (χ2v) is 7.79. The van der Waals surface area contributed by atoms with Crippen LogP contribution in [0.3, 0.4) is 0 Å². The number of hydrogen-bond donors (Lipinski definition) is 1. The van der Waals surface area contributed by atoms with Crippen LogP contribution < -0.4 is 14.4 Å². The van der Waals surface area contributed by atoms with E-state index in [0.717, 1.165) is 28.3 Å². The Hall–Kier alpha value is -3.89. The van der Waals surface area contributed by atoms with Crippen molar-refractivity contribution in [2.75, 3.05) is 19.1 Å². The molecule has 4 rings (SSSR count). The minimum absolute atomic E-state index is 0. The molecule has 0 saturated heterocycles. The number of aromatic nitrogens is 1. The summed E-state index contributed by atoms with van der Waals surface area (Å²) in [4.78, 5) is 16.8. The Morgan fingerprint density at radius 3 is 1.95 bits per heavy atom. The van der Waals surface area contributed by atoms with Gasteiger partial charge in [0.2, 0.25) is 0 Å². The number of anilines is 3. The monoisotopic (exact) mass is 676 g/mol. The maximum Gasteiger partial charge on any atom is 0.155 e. The normalized spacial score (nSPS) is 10.3. The summed E-state index contributed by atoms with van der Waals surface area (Å²) in [5.74, 6) is 1.30. The third-order valence-electron chi connectivity index (χ3n) is 5.03. The van der Waals surface area contributed by atoms with Crippen LogP contribution in [0.4, 0.5) is 17.1 Å². The van der Waals surface area contributed by atoms with Gasteiger partial charge in [0.05, 0.1) is 20.0 Å². The number of aliphatic hydroxyl groups excluding tert-OH is 1. The molecule has 0 bridgehead atoms. The van der Waals surface area contributed by atoms with Crippen LogP contribution in [0.25, 0.3) is 11.3 Å². The largest absolute Gasteiger partial charge is 0.540 e. The van der Waals surface area contributed by atoms with Gasteiger partial charge in [-0.15, -0.1) is 12.1 Å². The Kier molecular flexibility index (Phi) is 11.6. The Morgan fingerprint density at radius 2 is 1.49 bits per heavy atom. The number of allylic oxidation sites excluding steroid dienone is 2. The van der Waals surface area contributed by atoms with Crippen molar-refractivity contribution in [3.05, 3.63) is 109 Å². The predicted molar refractivity (Wildman–Crippen MR) is 143 cm³/mol. The summed E-state index contributed by atoms with van der Waals surface area (Å²) in [7, 11) is 3.26. The molecule has 0 radical (unpaired) electrons. The van der Waals surface area contributed by atoms with E-state index in [2.05, 4.69) is 40.2 Å². The molecule has 37 heavy (non-hydrogen) atoms. The van der Waals surface area contributed by atoms with Crippen LogP contribution in [0.15, 0.2) is 103 Å². The minimum atomic E-state index is -0.125. The molecule has 0 saturated carbocycles. The van der Waals surface area contributed by atoms with E-state index in [1.54, 1.807) is 26.5 Å². The molecule has 0 unspecified atom stereocenters. The Morgan fingerprint density at radius 1 is 0.892 bits per heavy atom. The number of hydrogen-bond acceptors (Lipinski definition) is 6. The predicted octanol–water partition coefficient (Wildman–Crippen LogP) is 7.07. The molecular weight excluding hydrogens is 647 g/mol. The van der Waals surface area contributed by atoms with Gasteiger partial charge in [0.25, 0.3) is 0 Å². The van der Waals surface area contributed by atoms with Crippen LogP contribution in [0.1, 0.15) is 13.8 Å². The molecule has 0 fully saturated rings. The molecule has 0 aliphatic rings. The van der Waals surface area contributed by atoms with E-state index in [1.165, 1.54) is 19.9 Å². The molecule has 0 aliphatic heterocycles. The number of carbonyl (C=O) groups is 1. The Labute approximate surface area is 232 Å². The zero-order valence-electron chi connectivity index (χ0n) is 21.1. The molecule has 6 nitrogen and oxygen atoms in total. The van der Waals surface area contributed by atoms with Crippen LogP contribution in [-0.4, -0.2) is 30.1 Å². The maximum absolute atomic E-state index is 10.0. The first-order valence-corrected chi connectivity index (χ1v) is 11.3. The van der Waals surface area contributed by atoms with Gasteiger partial charge in [-0.2, -0.15) is 0 Å². The quantitative estimate of drug-likeness (QED) is 0.128. The van der Waals surface area contributed by atoms with E-state index >= 15 is 0 Å². The number of benzene rings is 3. The molecule has 4 aromatic rings. The van der Waals surface area contributed by atoms with E-state index in [-0.39, 0.29) is 32.6 Å². The van der Waals surface area contributed by atoms with Crippen LogP contribution in [0.2, 0.25) is 0 Å². The summed E-state index contributed by atoms with van der Waals surface area (Å²) >= 11 is 0. The molecule has 0 aliphatic carbocycles. The van der Waals surface area contributed by atoms with Gasteiger partial charge in [-0.3, -0.25) is 4.79 Å². The maximum atomic E-state index is 10.0. The van der Waals surface area contributed by atoms with E-state index in [0.29, 0.717) is 11.5 Å². The van der Waals surface area contributed by atoms with Crippen molar-refractivity contribution in [2.45, 2.75) is 13.8 Å². The van der Waals surface area contributed by atoms with Crippen molar-refractivity contribution in [2.24, 2.45) is 0 Å². The van der Waals surface area contributed by atoms with Gasteiger partial charge in [0.15, 0.2) is 5.78 Å². The van der Waals surface area contributed by atoms with E-state index in [9.17, 15) is 4.79 Å². The van der Waals surface area contributed by atoms with Crippen molar-refractivity contribution >= 4 is 22.8 Å². The van der Waals surface area contributed by atoms with Crippen LogP contribution in [0, 0.1) is 6.07 Å². The average molecular weight is 677 g/mol. The average Bonchev–Trinajstić information content (AvgIpc) is 2.89. The van der Waals surface area contributed by atoms with Crippen LogP contribution >= 0.6 is 0 Å². The van der Waals surface area contributed by atoms with Gasteiger partial charge >= 0.3 is 0 Å². The van der Waals surface area contributed by atoms with Crippen molar-refractivity contribution in [3.63, 3.8) is 0 Å². The molecule has 3 aromatic carbocycles. The summed E-state index contributed by atoms with van der Waals surface area (Å²) in [5, 5.41) is 8.36. The summed E-state index contributed by atoms with van der Waals surface area (Å²) in [6.45, 7) is 2.85. The molecular formula is C30H29N2O4Pt-. The molecule has 0 spiro atoms. The Balaban J connectivity index is 0.000000532. The summed E-state index contributed by atoms with van der Waals surface area (Å²) in [6, 6.07) is 31.4. The topological polar surface area (TPSA) is 71.9 Å². The fourth-order valence-corrected chi connectivity index (χ4v) is 3.53. The number of para-hydroxylation sites is 2. The standard InChI is InChI=1S/C25H21N2O2.C5H8O2.Pt/c1-28-22-13-14-23(25(18-22)29-2)24-17-21(15-16-26-24)27(19-9-5-3-6-10-19)20-11-7-4-8-12-20;1-4(6)3-5(2)7;/h3-13,15-18H,1-2H3;3,6H,1-2H3;/q-1;;/b;4-3-;. The number of ketones is 1. The van der Waals surface area contributed by atoms with Crippen molar-refractivity contribution in [1.29, 1.82) is 0 Å². The van der Waals surface area contributed by atoms with Crippen molar-refractivity contribution < 1.29 is 40.4 Å². The molecule has 1 aromatic heterocycles. The summed E-state index contributed by atoms with van der Waals surface area (Å²) in [6.07, 6.45) is 2.97. The van der Waals surface area contributed by atoms with Gasteiger partial charge in [-0.1, -0.05) is 54.1 Å². The number of pyridine rings is 1. The molecule has 1 heterocycles. The molecule has 0 atom stereocenters. The van der Waals surface area contributed by atoms with Crippen molar-refractivity contribution in [1.82, 2.24) is 4.98 Å². The summed E-state index contributed by atoms with van der Waals surface area (Å²) < 4.78 is 10.8. The van der Waals surface area contributed by atoms with E-state index < -0.39 is 0 Å². The van der Waals surface area contributed by atoms with Gasteiger partial charge in [-0.25, -0.2) is 0 Å². The molecule has 0 amide bonds. The number of nitrogens with zero attached hydrogens (tertiary/aromatic N) is 2. The first-order chi connectivity index (χ1) is 17.4. The number of methoxy groups -OCH3 is 2. The fraction of sp³-hybridized carbons (Fsp3) is 0.133. The summed E-state index contributed by atoms with van der Waals surface area (Å²) in [5.41, 5.74) is 4.71. The van der Waals surface area contributed by atoms with Crippen LogP contribution in [0.5, 0.6) is 11.5 Å². The second kappa shape index (κ2) is 14.6. The van der Waals surface area contributed by atoms with E-state index in [1.807, 2.05) is 54.6 Å². The number of aliphatic hydroxyl groups is 1. The zero-order chi connectivity index (χ0) is 25.9. The van der Waals surface area contributed by atoms with Crippen LogP contribution in [-0.2, 0) is 25.9 Å². The Bertz CT molecular complexity index is 1270. The minimum Gasteiger partial charge on any atom is -0.540 e. The zero-order valence-corrected chi connectivity index (χ0v) is 23.4. The molecule has 194 valence electrons. The van der Waals surface area contributed by atoms with Gasteiger partial charge in [-0.05, 0) is 49.9 Å².